The van der Waals surface area contributed by atoms with Crippen LogP contribution in [0.25, 0.3) is 0 Å². The van der Waals surface area contributed by atoms with Gasteiger partial charge in [0.25, 0.3) is 0 Å². The first-order valence-corrected chi connectivity index (χ1v) is 6.92. The van der Waals surface area contributed by atoms with Gasteiger partial charge in [0.15, 0.2) is 17.5 Å². The number of hydrogen-bond donors (Lipinski definition) is 1. The van der Waals surface area contributed by atoms with E-state index in [1.807, 2.05) is 0 Å². The minimum atomic E-state index is -1.05. The van der Waals surface area contributed by atoms with Crippen molar-refractivity contribution in [1.29, 1.82) is 0 Å². The number of rotatable bonds is 5. The van der Waals surface area contributed by atoms with E-state index in [4.69, 9.17) is 14.6 Å². The van der Waals surface area contributed by atoms with Crippen molar-refractivity contribution in [3.8, 4) is 0 Å². The van der Waals surface area contributed by atoms with Crippen LogP contribution in [0.3, 0.4) is 0 Å². The zero-order chi connectivity index (χ0) is 12.4. The van der Waals surface area contributed by atoms with Crippen LogP contribution < -0.4 is 0 Å². The van der Waals surface area contributed by atoms with Crippen LogP contribution >= 0.6 is 0 Å². The van der Waals surface area contributed by atoms with E-state index in [1.165, 1.54) is 0 Å². The van der Waals surface area contributed by atoms with Crippen molar-refractivity contribution < 1.29 is 28.7 Å². The van der Waals surface area contributed by atoms with Gasteiger partial charge in [0, 0.05) is 6.42 Å². The largest absolute Gasteiger partial charge is 0.616 e. The Kier molecular flexibility index (Phi) is 3.78. The quantitative estimate of drug-likeness (QED) is 0.444. The van der Waals surface area contributed by atoms with E-state index in [-0.39, 0.29) is 17.8 Å². The zero-order valence-electron chi connectivity index (χ0n) is 9.16. The fourth-order valence-corrected chi connectivity index (χ4v) is 3.99. The monoisotopic (exact) mass is 262 g/mol. The van der Waals surface area contributed by atoms with Crippen molar-refractivity contribution in [1.82, 2.24) is 0 Å². The average Bonchev–Trinajstić information content (AvgIpc) is 2.69. The molecule has 0 amide bonds. The highest BCUT2D eigenvalue weighted by Crippen LogP contribution is 2.34. The fourth-order valence-electron chi connectivity index (χ4n) is 2.20. The number of unbranched alkanes of at least 4 members (excludes halogenated alkanes) is 1. The van der Waals surface area contributed by atoms with Gasteiger partial charge in [-0.05, 0) is 30.4 Å². The Morgan fingerprint density at radius 1 is 1.47 bits per heavy atom. The molecular weight excluding hydrogens is 248 g/mol. The van der Waals surface area contributed by atoms with Crippen LogP contribution in [0.2, 0.25) is 0 Å². The first-order chi connectivity index (χ1) is 8.08. The molecule has 17 heavy (non-hydrogen) atoms. The molecule has 0 spiro atoms. The molecule has 0 aliphatic carbocycles. The summed E-state index contributed by atoms with van der Waals surface area (Å²) in [4.78, 5) is 21.2. The van der Waals surface area contributed by atoms with E-state index in [0.29, 0.717) is 25.0 Å². The molecule has 0 aromatic rings. The predicted octanol–water partition coefficient (Wildman–Crippen LogP) is 0.666. The van der Waals surface area contributed by atoms with E-state index in [9.17, 15) is 14.1 Å². The molecule has 2 aliphatic heterocycles. The highest BCUT2D eigenvalue weighted by atomic mass is 32.2. The Bertz CT molecular complexity index is 320. The Labute approximate surface area is 101 Å². The molecule has 0 radical (unpaired) electrons. The van der Waals surface area contributed by atoms with Crippen LogP contribution in [0.1, 0.15) is 25.7 Å². The minimum absolute atomic E-state index is 0.115. The summed E-state index contributed by atoms with van der Waals surface area (Å²) >= 11 is -1.05. The second kappa shape index (κ2) is 5.14. The van der Waals surface area contributed by atoms with Crippen molar-refractivity contribution in [3.05, 3.63) is 0 Å². The standard InChI is InChI=1S/C10H14O6S/c11-8(12)4-2-1-3-7-9-6(5-17(7)14)15-10(13)16-9/h6-7,9H,1-5H2,(H,11,12)/t6-,7-,9-,17?/m0/s1. The van der Waals surface area contributed by atoms with Crippen LogP contribution in [0, 0.1) is 0 Å². The van der Waals surface area contributed by atoms with Crippen LogP contribution in [-0.4, -0.2) is 45.0 Å². The van der Waals surface area contributed by atoms with Gasteiger partial charge in [0.1, 0.15) is 5.75 Å². The zero-order valence-corrected chi connectivity index (χ0v) is 9.98. The van der Waals surface area contributed by atoms with Gasteiger partial charge < -0.3 is 19.1 Å². The topological polar surface area (TPSA) is 95.9 Å². The molecule has 7 heteroatoms. The molecule has 1 unspecified atom stereocenters. The van der Waals surface area contributed by atoms with Crippen molar-refractivity contribution in [3.63, 3.8) is 0 Å². The molecule has 2 saturated heterocycles. The van der Waals surface area contributed by atoms with Gasteiger partial charge in [-0.2, -0.15) is 0 Å². The lowest BCUT2D eigenvalue weighted by atomic mass is 10.1. The molecule has 0 bridgehead atoms. The molecular formula is C10H14O6S. The molecule has 0 aromatic heterocycles. The molecule has 6 nitrogen and oxygen atoms in total. The average molecular weight is 262 g/mol. The maximum absolute atomic E-state index is 11.7. The summed E-state index contributed by atoms with van der Waals surface area (Å²) in [5.41, 5.74) is 0. The maximum Gasteiger partial charge on any atom is 0.509 e. The first-order valence-electron chi connectivity index (χ1n) is 5.54. The number of hydrogen-bond acceptors (Lipinski definition) is 5. The predicted molar refractivity (Wildman–Crippen MR) is 58.0 cm³/mol. The molecule has 0 aromatic carbocycles. The van der Waals surface area contributed by atoms with Gasteiger partial charge in [-0.25, -0.2) is 4.79 Å². The molecule has 2 fully saturated rings. The molecule has 2 rings (SSSR count). The normalized spacial score (nSPS) is 35.2. The Morgan fingerprint density at radius 2 is 2.24 bits per heavy atom. The summed E-state index contributed by atoms with van der Waals surface area (Å²) in [5.74, 6) is -0.494. The number of carbonyl (C=O) groups excluding carboxylic acids is 1. The van der Waals surface area contributed by atoms with E-state index in [0.717, 1.165) is 0 Å². The Balaban J connectivity index is 1.79. The highest BCUT2D eigenvalue weighted by molar-refractivity contribution is 7.92. The number of carboxylic acids is 1. The summed E-state index contributed by atoms with van der Waals surface area (Å²) < 4.78 is 21.6. The SMILES string of the molecule is O=C(O)CCCC[C@H]1[C@H]2OC(=O)O[C@H]2C[S+]1[O-]. The third-order valence-electron chi connectivity index (χ3n) is 3.01. The van der Waals surface area contributed by atoms with Crippen molar-refractivity contribution in [2.75, 3.05) is 5.75 Å². The van der Waals surface area contributed by atoms with Crippen LogP contribution in [0.4, 0.5) is 4.79 Å². The van der Waals surface area contributed by atoms with Crippen LogP contribution in [-0.2, 0) is 25.4 Å². The smallest absolute Gasteiger partial charge is 0.509 e. The summed E-state index contributed by atoms with van der Waals surface area (Å²) in [6.07, 6.45) is 0.466. The second-order valence-electron chi connectivity index (χ2n) is 4.21. The molecule has 1 N–H and O–H groups in total. The maximum atomic E-state index is 11.7. The lowest BCUT2D eigenvalue weighted by Gasteiger charge is -2.16. The van der Waals surface area contributed by atoms with Gasteiger partial charge in [0.05, 0.1) is 0 Å². The minimum Gasteiger partial charge on any atom is -0.616 e. The Hall–Kier alpha value is -0.950. The van der Waals surface area contributed by atoms with Gasteiger partial charge in [-0.3, -0.25) is 4.79 Å². The van der Waals surface area contributed by atoms with Gasteiger partial charge in [-0.15, -0.1) is 0 Å². The van der Waals surface area contributed by atoms with Crippen LogP contribution in [0.15, 0.2) is 0 Å². The van der Waals surface area contributed by atoms with Gasteiger partial charge in [-0.1, -0.05) is 0 Å². The summed E-state index contributed by atoms with van der Waals surface area (Å²) in [7, 11) is 0. The van der Waals surface area contributed by atoms with E-state index < -0.39 is 29.4 Å². The Morgan fingerprint density at radius 3 is 2.94 bits per heavy atom. The van der Waals surface area contributed by atoms with E-state index >= 15 is 0 Å². The van der Waals surface area contributed by atoms with Gasteiger partial charge >= 0.3 is 12.1 Å². The molecule has 4 atom stereocenters. The number of ether oxygens (including phenoxy) is 2. The van der Waals surface area contributed by atoms with Crippen molar-refractivity contribution in [2.45, 2.75) is 43.1 Å². The first kappa shape index (κ1) is 12.5. The molecule has 0 saturated carbocycles. The van der Waals surface area contributed by atoms with E-state index in [2.05, 4.69) is 0 Å². The third kappa shape index (κ3) is 2.84. The number of carboxylic acid groups (broad SMARTS) is 1. The molecule has 96 valence electrons. The summed E-state index contributed by atoms with van der Waals surface area (Å²) in [5, 5.41) is 8.28. The van der Waals surface area contributed by atoms with Crippen LogP contribution in [0.5, 0.6) is 0 Å². The second-order valence-corrected chi connectivity index (χ2v) is 5.91. The number of fused-ring (bicyclic) bond motifs is 1. The fraction of sp³-hybridized carbons (Fsp3) is 0.800. The lowest BCUT2D eigenvalue weighted by Crippen LogP contribution is -2.29. The van der Waals surface area contributed by atoms with Crippen molar-refractivity contribution in [2.24, 2.45) is 0 Å². The lowest BCUT2D eigenvalue weighted by molar-refractivity contribution is -0.137. The highest BCUT2D eigenvalue weighted by Gasteiger charge is 2.55. The number of aliphatic carboxylic acids is 1. The van der Waals surface area contributed by atoms with E-state index in [1.54, 1.807) is 0 Å². The number of carbonyl (C=O) groups is 2. The molecule has 2 aliphatic rings. The van der Waals surface area contributed by atoms with Gasteiger partial charge in [0.2, 0.25) is 0 Å². The summed E-state index contributed by atoms with van der Waals surface area (Å²) in [6.45, 7) is 0. The summed E-state index contributed by atoms with van der Waals surface area (Å²) in [6, 6.07) is 0. The van der Waals surface area contributed by atoms with Crippen molar-refractivity contribution >= 4 is 23.3 Å². The molecule has 2 heterocycles. The third-order valence-corrected chi connectivity index (χ3v) is 4.84.